The van der Waals surface area contributed by atoms with E-state index in [-0.39, 0.29) is 6.04 Å². The van der Waals surface area contributed by atoms with Crippen LogP contribution >= 0.6 is 0 Å². The Bertz CT molecular complexity index is 388. The molecule has 0 radical (unpaired) electrons. The summed E-state index contributed by atoms with van der Waals surface area (Å²) in [6.07, 6.45) is 2.08. The lowest BCUT2D eigenvalue weighted by Gasteiger charge is -2.06. The summed E-state index contributed by atoms with van der Waals surface area (Å²) in [5.41, 5.74) is 10.2. The minimum absolute atomic E-state index is 0.141. The maximum absolute atomic E-state index is 8.85. The highest BCUT2D eigenvalue weighted by Gasteiger charge is 2.19. The van der Waals surface area contributed by atoms with E-state index in [0.29, 0.717) is 0 Å². The summed E-state index contributed by atoms with van der Waals surface area (Å²) in [6, 6.07) is 6.38. The van der Waals surface area contributed by atoms with Crippen molar-refractivity contribution in [2.75, 3.05) is 0 Å². The molecule has 1 aromatic rings. The van der Waals surface area contributed by atoms with Crippen LogP contribution in [-0.2, 0) is 6.42 Å². The van der Waals surface area contributed by atoms with Crippen LogP contribution in [0.25, 0.3) is 0 Å². The van der Waals surface area contributed by atoms with Crippen molar-refractivity contribution in [2.24, 2.45) is 5.73 Å². The summed E-state index contributed by atoms with van der Waals surface area (Å²) in [4.78, 5) is 0. The fourth-order valence-electron chi connectivity index (χ4n) is 1.93. The van der Waals surface area contributed by atoms with Gasteiger partial charge in [0, 0.05) is 6.04 Å². The minimum atomic E-state index is 0.141. The van der Waals surface area contributed by atoms with Gasteiger partial charge >= 0.3 is 0 Å². The van der Waals surface area contributed by atoms with E-state index in [4.69, 9.17) is 11.0 Å². The van der Waals surface area contributed by atoms with Crippen molar-refractivity contribution in [1.29, 1.82) is 5.26 Å². The van der Waals surface area contributed by atoms with E-state index in [9.17, 15) is 0 Å². The van der Waals surface area contributed by atoms with Crippen molar-refractivity contribution in [3.63, 3.8) is 0 Å². The summed E-state index contributed by atoms with van der Waals surface area (Å²) in [5, 5.41) is 8.85. The lowest BCUT2D eigenvalue weighted by atomic mass is 10.0. The van der Waals surface area contributed by atoms with Crippen molar-refractivity contribution in [1.82, 2.24) is 0 Å². The Morgan fingerprint density at radius 1 is 1.54 bits per heavy atom. The van der Waals surface area contributed by atoms with Crippen LogP contribution < -0.4 is 5.73 Å². The van der Waals surface area contributed by atoms with E-state index in [1.54, 1.807) is 0 Å². The van der Waals surface area contributed by atoms with Crippen LogP contribution in [0.15, 0.2) is 12.1 Å². The average molecular weight is 172 g/mol. The molecule has 0 aliphatic heterocycles. The molecule has 13 heavy (non-hydrogen) atoms. The maximum atomic E-state index is 8.85. The molecule has 0 amide bonds. The van der Waals surface area contributed by atoms with E-state index < -0.39 is 0 Å². The first-order valence-corrected chi connectivity index (χ1v) is 4.51. The summed E-state index contributed by atoms with van der Waals surface area (Å²) in [7, 11) is 0. The molecular weight excluding hydrogens is 160 g/mol. The second kappa shape index (κ2) is 2.86. The molecule has 0 aromatic heterocycles. The summed E-state index contributed by atoms with van der Waals surface area (Å²) in [5.74, 6) is 0. The van der Waals surface area contributed by atoms with Gasteiger partial charge in [0.25, 0.3) is 0 Å². The van der Waals surface area contributed by atoms with E-state index in [1.807, 2.05) is 13.0 Å². The maximum Gasteiger partial charge on any atom is 0.0994 e. The first-order chi connectivity index (χ1) is 6.22. The van der Waals surface area contributed by atoms with Gasteiger partial charge in [0.15, 0.2) is 0 Å². The quantitative estimate of drug-likeness (QED) is 0.648. The zero-order valence-corrected chi connectivity index (χ0v) is 7.67. The van der Waals surface area contributed by atoms with Crippen molar-refractivity contribution in [3.8, 4) is 6.07 Å². The van der Waals surface area contributed by atoms with E-state index >= 15 is 0 Å². The largest absolute Gasteiger partial charge is 0.324 e. The van der Waals surface area contributed by atoms with Gasteiger partial charge in [0.2, 0.25) is 0 Å². The number of fused-ring (bicyclic) bond motifs is 1. The third-order valence-corrected chi connectivity index (χ3v) is 2.73. The zero-order valence-electron chi connectivity index (χ0n) is 7.67. The average Bonchev–Trinajstić information content (AvgIpc) is 2.46. The van der Waals surface area contributed by atoms with Gasteiger partial charge in [-0.15, -0.1) is 0 Å². The van der Waals surface area contributed by atoms with Gasteiger partial charge in [-0.3, -0.25) is 0 Å². The Kier molecular flexibility index (Phi) is 1.82. The van der Waals surface area contributed by atoms with Gasteiger partial charge in [-0.1, -0.05) is 6.07 Å². The van der Waals surface area contributed by atoms with Gasteiger partial charge in [-0.05, 0) is 42.5 Å². The number of nitrogens with two attached hydrogens (primary N) is 1. The Morgan fingerprint density at radius 3 is 3.00 bits per heavy atom. The van der Waals surface area contributed by atoms with Crippen LogP contribution in [0.4, 0.5) is 0 Å². The zero-order chi connectivity index (χ0) is 9.42. The van der Waals surface area contributed by atoms with Crippen molar-refractivity contribution in [2.45, 2.75) is 25.8 Å². The molecule has 0 heterocycles. The van der Waals surface area contributed by atoms with Crippen LogP contribution in [0, 0.1) is 18.3 Å². The Labute approximate surface area is 78.0 Å². The Morgan fingerprint density at radius 2 is 2.31 bits per heavy atom. The summed E-state index contributed by atoms with van der Waals surface area (Å²) < 4.78 is 0. The fourth-order valence-corrected chi connectivity index (χ4v) is 1.93. The van der Waals surface area contributed by atoms with E-state index in [1.165, 1.54) is 11.1 Å². The normalized spacial score (nSPS) is 19.6. The number of rotatable bonds is 0. The molecule has 1 aliphatic carbocycles. The highest BCUT2D eigenvalue weighted by atomic mass is 14.6. The molecule has 0 saturated heterocycles. The van der Waals surface area contributed by atoms with Gasteiger partial charge in [0.1, 0.15) is 0 Å². The first kappa shape index (κ1) is 8.28. The number of benzene rings is 1. The second-order valence-corrected chi connectivity index (χ2v) is 3.62. The van der Waals surface area contributed by atoms with Crippen LogP contribution in [-0.4, -0.2) is 0 Å². The molecule has 66 valence electrons. The van der Waals surface area contributed by atoms with Gasteiger partial charge in [0.05, 0.1) is 11.6 Å². The molecule has 2 N–H and O–H groups in total. The molecule has 0 spiro atoms. The highest BCUT2D eigenvalue weighted by Crippen LogP contribution is 2.31. The fraction of sp³-hybridized carbons (Fsp3) is 0.364. The lowest BCUT2D eigenvalue weighted by Crippen LogP contribution is -2.05. The standard InChI is InChI=1S/C11H12N2/c1-7-4-8-2-3-11(13)10(8)5-9(7)6-12/h4-5,11H,2-3,13H2,1H3/t11-/m1/s1. The molecule has 2 nitrogen and oxygen atoms in total. The first-order valence-electron chi connectivity index (χ1n) is 4.51. The molecule has 1 aliphatic rings. The van der Waals surface area contributed by atoms with Crippen molar-refractivity contribution in [3.05, 3.63) is 34.4 Å². The monoisotopic (exact) mass is 172 g/mol. The number of nitriles is 1. The van der Waals surface area contributed by atoms with E-state index in [2.05, 4.69) is 12.1 Å². The number of aryl methyl sites for hydroxylation is 2. The van der Waals surface area contributed by atoms with Gasteiger partial charge in [-0.25, -0.2) is 0 Å². The predicted octanol–water partition coefficient (Wildman–Crippen LogP) is 1.81. The molecule has 2 rings (SSSR count). The SMILES string of the molecule is Cc1cc2c(cc1C#N)[C@H](N)CC2. The van der Waals surface area contributed by atoms with Crippen LogP contribution in [0.3, 0.4) is 0 Å². The van der Waals surface area contributed by atoms with Crippen molar-refractivity contribution < 1.29 is 0 Å². The van der Waals surface area contributed by atoms with Gasteiger partial charge < -0.3 is 5.73 Å². The molecule has 0 fully saturated rings. The topological polar surface area (TPSA) is 49.8 Å². The molecule has 0 saturated carbocycles. The summed E-state index contributed by atoms with van der Waals surface area (Å²) in [6.45, 7) is 1.97. The number of hydrogen-bond donors (Lipinski definition) is 1. The Hall–Kier alpha value is -1.33. The predicted molar refractivity (Wildman–Crippen MR) is 51.1 cm³/mol. The summed E-state index contributed by atoms with van der Waals surface area (Å²) >= 11 is 0. The third kappa shape index (κ3) is 1.22. The third-order valence-electron chi connectivity index (χ3n) is 2.73. The smallest absolute Gasteiger partial charge is 0.0994 e. The van der Waals surface area contributed by atoms with E-state index in [0.717, 1.165) is 24.0 Å². The highest BCUT2D eigenvalue weighted by molar-refractivity contribution is 5.47. The van der Waals surface area contributed by atoms with Crippen LogP contribution in [0.5, 0.6) is 0 Å². The molecule has 1 aromatic carbocycles. The molecule has 1 atom stereocenters. The molecule has 2 heteroatoms. The van der Waals surface area contributed by atoms with Gasteiger partial charge in [-0.2, -0.15) is 5.26 Å². The van der Waals surface area contributed by atoms with Crippen LogP contribution in [0.1, 0.15) is 34.7 Å². The molecule has 0 bridgehead atoms. The van der Waals surface area contributed by atoms with Crippen LogP contribution in [0.2, 0.25) is 0 Å². The second-order valence-electron chi connectivity index (χ2n) is 3.62. The Balaban J connectivity index is 2.59. The lowest BCUT2D eigenvalue weighted by molar-refractivity contribution is 0.713. The number of nitrogens with zero attached hydrogens (tertiary/aromatic N) is 1. The number of hydrogen-bond acceptors (Lipinski definition) is 2. The molecule has 0 unspecified atom stereocenters. The molecular formula is C11H12N2. The minimum Gasteiger partial charge on any atom is -0.324 e. The van der Waals surface area contributed by atoms with Crippen molar-refractivity contribution >= 4 is 0 Å².